The normalized spacial score (nSPS) is 21.5. The molecule has 1 heterocycles. The third kappa shape index (κ3) is 5.17. The molecule has 3 atom stereocenters. The molecule has 250 valence electrons. The van der Waals surface area contributed by atoms with Crippen molar-refractivity contribution >= 4 is 27.7 Å². The average molecular weight is 670 g/mol. The minimum Gasteiger partial charge on any atom is -0.460 e. The molecule has 5 aliphatic rings. The van der Waals surface area contributed by atoms with E-state index in [1.807, 2.05) is 0 Å². The number of rotatable bonds is 6. The molecule has 0 spiro atoms. The topological polar surface area (TPSA) is 12.5 Å². The van der Waals surface area contributed by atoms with Gasteiger partial charge in [-0.05, 0) is 76.3 Å². The average Bonchev–Trinajstić information content (AvgIpc) is 3.61. The highest BCUT2D eigenvalue weighted by atomic mass is 16.5. The Morgan fingerprint density at radius 2 is 1.37 bits per heavy atom. The van der Waals surface area contributed by atoms with Crippen LogP contribution in [0.15, 0.2) is 216 Å². The molecule has 0 fully saturated rings. The highest BCUT2D eigenvalue weighted by Gasteiger charge is 2.40. The van der Waals surface area contributed by atoms with Gasteiger partial charge in [-0.2, -0.15) is 0 Å². The van der Waals surface area contributed by atoms with Gasteiger partial charge in [0.25, 0.3) is 0 Å². The Kier molecular flexibility index (Phi) is 7.61. The van der Waals surface area contributed by atoms with Gasteiger partial charge in [-0.25, -0.2) is 0 Å². The molecule has 0 radical (unpaired) electrons. The van der Waals surface area contributed by atoms with Crippen molar-refractivity contribution in [2.45, 2.75) is 25.3 Å². The van der Waals surface area contributed by atoms with Gasteiger partial charge >= 0.3 is 0 Å². The SMILES string of the molecule is C1=CC2=C(C3=C4OC5=C(CCC=C5c5ccc(-c6ccccc6)cc5)C4CC=C3)C=CC(N(c3ccccc3)c3cccc4ccccc34)C2C=C1. The van der Waals surface area contributed by atoms with Crippen LogP contribution in [0.5, 0.6) is 0 Å². The Morgan fingerprint density at radius 3 is 2.23 bits per heavy atom. The quantitative estimate of drug-likeness (QED) is 0.178. The lowest BCUT2D eigenvalue weighted by atomic mass is 9.75. The molecule has 0 amide bonds. The summed E-state index contributed by atoms with van der Waals surface area (Å²) in [4.78, 5) is 2.54. The molecule has 0 aromatic heterocycles. The van der Waals surface area contributed by atoms with Gasteiger partial charge in [-0.3, -0.25) is 0 Å². The highest BCUT2D eigenvalue weighted by Crippen LogP contribution is 2.52. The minimum atomic E-state index is 0.0892. The van der Waals surface area contributed by atoms with Gasteiger partial charge in [-0.1, -0.05) is 164 Å². The lowest BCUT2D eigenvalue weighted by Crippen LogP contribution is -2.38. The highest BCUT2D eigenvalue weighted by molar-refractivity contribution is 5.96. The molecule has 0 bridgehead atoms. The first kappa shape index (κ1) is 30.7. The number of allylic oxidation sites excluding steroid dienone is 11. The molecule has 10 rings (SSSR count). The van der Waals surface area contributed by atoms with Gasteiger partial charge in [-0.15, -0.1) is 0 Å². The summed E-state index contributed by atoms with van der Waals surface area (Å²) in [6.07, 6.45) is 24.1. The molecule has 4 aliphatic carbocycles. The van der Waals surface area contributed by atoms with Crippen molar-refractivity contribution < 1.29 is 4.74 Å². The number of hydrogen-bond donors (Lipinski definition) is 0. The van der Waals surface area contributed by atoms with E-state index in [-0.39, 0.29) is 17.9 Å². The van der Waals surface area contributed by atoms with E-state index in [0.717, 1.165) is 30.8 Å². The van der Waals surface area contributed by atoms with E-state index in [4.69, 9.17) is 4.74 Å². The summed E-state index contributed by atoms with van der Waals surface area (Å²) in [5.41, 5.74) is 12.6. The number of anilines is 2. The maximum absolute atomic E-state index is 7.08. The van der Waals surface area contributed by atoms with Crippen LogP contribution in [0.3, 0.4) is 0 Å². The molecule has 3 unspecified atom stereocenters. The molecule has 5 aromatic carbocycles. The molecule has 2 heteroatoms. The van der Waals surface area contributed by atoms with Crippen molar-refractivity contribution in [2.24, 2.45) is 11.8 Å². The zero-order valence-electron chi connectivity index (χ0n) is 29.0. The molecule has 1 aliphatic heterocycles. The first-order valence-electron chi connectivity index (χ1n) is 18.6. The zero-order chi connectivity index (χ0) is 34.4. The Morgan fingerprint density at radius 1 is 0.615 bits per heavy atom. The number of para-hydroxylation sites is 1. The fourth-order valence-corrected chi connectivity index (χ4v) is 8.89. The first-order valence-corrected chi connectivity index (χ1v) is 18.6. The van der Waals surface area contributed by atoms with E-state index in [9.17, 15) is 0 Å². The van der Waals surface area contributed by atoms with Crippen molar-refractivity contribution in [2.75, 3.05) is 4.90 Å². The molecule has 0 saturated heterocycles. The summed E-state index contributed by atoms with van der Waals surface area (Å²) in [5.74, 6) is 2.63. The van der Waals surface area contributed by atoms with Crippen LogP contribution in [0.2, 0.25) is 0 Å². The number of hydrogen-bond acceptors (Lipinski definition) is 2. The first-order chi connectivity index (χ1) is 25.8. The van der Waals surface area contributed by atoms with E-state index >= 15 is 0 Å². The molecule has 5 aromatic rings. The zero-order valence-corrected chi connectivity index (χ0v) is 29.0. The van der Waals surface area contributed by atoms with Gasteiger partial charge in [0, 0.05) is 39.7 Å². The summed E-state index contributed by atoms with van der Waals surface area (Å²) in [5, 5.41) is 2.50. The Labute approximate surface area is 306 Å². The van der Waals surface area contributed by atoms with Crippen LogP contribution in [0.1, 0.15) is 24.8 Å². The van der Waals surface area contributed by atoms with Gasteiger partial charge in [0.2, 0.25) is 0 Å². The van der Waals surface area contributed by atoms with E-state index in [0.29, 0.717) is 0 Å². The second-order valence-corrected chi connectivity index (χ2v) is 14.2. The van der Waals surface area contributed by atoms with Crippen molar-refractivity contribution in [3.05, 3.63) is 221 Å². The van der Waals surface area contributed by atoms with Crippen LogP contribution >= 0.6 is 0 Å². The smallest absolute Gasteiger partial charge is 0.134 e. The minimum absolute atomic E-state index is 0.0892. The summed E-state index contributed by atoms with van der Waals surface area (Å²) in [6, 6.07) is 45.9. The fraction of sp³-hybridized carbons (Fsp3) is 0.120. The molecule has 52 heavy (non-hydrogen) atoms. The third-order valence-corrected chi connectivity index (χ3v) is 11.3. The Bertz CT molecular complexity index is 2450. The van der Waals surface area contributed by atoms with Crippen LogP contribution in [0.25, 0.3) is 27.5 Å². The van der Waals surface area contributed by atoms with Crippen LogP contribution in [-0.2, 0) is 4.74 Å². The second kappa shape index (κ2) is 12.9. The van der Waals surface area contributed by atoms with Gasteiger partial charge < -0.3 is 9.64 Å². The van der Waals surface area contributed by atoms with Crippen LogP contribution in [-0.4, -0.2) is 6.04 Å². The van der Waals surface area contributed by atoms with Crippen LogP contribution < -0.4 is 4.90 Å². The molecule has 0 saturated carbocycles. The fourth-order valence-electron chi connectivity index (χ4n) is 8.89. The maximum Gasteiger partial charge on any atom is 0.134 e. The van der Waals surface area contributed by atoms with Crippen molar-refractivity contribution in [1.29, 1.82) is 0 Å². The number of benzene rings is 5. The molecule has 0 N–H and O–H groups in total. The van der Waals surface area contributed by atoms with Gasteiger partial charge in [0.1, 0.15) is 11.5 Å². The van der Waals surface area contributed by atoms with Gasteiger partial charge in [0.15, 0.2) is 0 Å². The number of fused-ring (bicyclic) bond motifs is 4. The predicted octanol–water partition coefficient (Wildman–Crippen LogP) is 12.6. The second-order valence-electron chi connectivity index (χ2n) is 14.2. The summed E-state index contributed by atoms with van der Waals surface area (Å²) >= 11 is 0. The third-order valence-electron chi connectivity index (χ3n) is 11.3. The van der Waals surface area contributed by atoms with Crippen molar-refractivity contribution in [3.63, 3.8) is 0 Å². The maximum atomic E-state index is 7.08. The molecule has 2 nitrogen and oxygen atoms in total. The van der Waals surface area contributed by atoms with E-state index in [1.54, 1.807) is 0 Å². The summed E-state index contributed by atoms with van der Waals surface area (Å²) in [6.45, 7) is 0. The Hall–Kier alpha value is -6.12. The van der Waals surface area contributed by atoms with Gasteiger partial charge in [0.05, 0.1) is 6.04 Å². The van der Waals surface area contributed by atoms with E-state index in [1.165, 1.54) is 66.7 Å². The number of nitrogens with zero attached hydrogens (tertiary/aromatic N) is 1. The molecular weight excluding hydrogens is 631 g/mol. The molecular formula is C50H39NO. The van der Waals surface area contributed by atoms with Crippen LogP contribution in [0.4, 0.5) is 11.4 Å². The lowest BCUT2D eigenvalue weighted by Gasteiger charge is -2.40. The van der Waals surface area contributed by atoms with E-state index < -0.39 is 0 Å². The van der Waals surface area contributed by atoms with Crippen molar-refractivity contribution in [1.82, 2.24) is 0 Å². The summed E-state index contributed by atoms with van der Waals surface area (Å²) in [7, 11) is 0. The van der Waals surface area contributed by atoms with Crippen LogP contribution in [0, 0.1) is 11.8 Å². The van der Waals surface area contributed by atoms with E-state index in [2.05, 4.69) is 187 Å². The largest absolute Gasteiger partial charge is 0.460 e. The monoisotopic (exact) mass is 669 g/mol. The lowest BCUT2D eigenvalue weighted by molar-refractivity contribution is 0.316. The Balaban J connectivity index is 1.02. The van der Waals surface area contributed by atoms with Crippen molar-refractivity contribution in [3.8, 4) is 11.1 Å². The summed E-state index contributed by atoms with van der Waals surface area (Å²) < 4.78 is 7.08. The number of ether oxygens (including phenoxy) is 1. The standard InChI is InChI=1S/C50H39NO/c1-3-14-34(15-4-1)35-28-30-37(31-29-35)40-23-12-25-45-46-26-13-24-44(50(46)52-49(40)45)42-32-33-48(43-22-10-9-21-41(42)43)51(38-18-5-2-6-19-38)47-27-11-17-36-16-7-8-20-39(36)47/h1-11,13-24,27-33,43,46,48H,12,25-26H2. The predicted molar refractivity (Wildman–Crippen MR) is 216 cm³/mol.